The van der Waals surface area contributed by atoms with Gasteiger partial charge in [0.05, 0.1) is 12.8 Å². The lowest BCUT2D eigenvalue weighted by Crippen LogP contribution is -2.51. The third-order valence-electron chi connectivity index (χ3n) is 3.49. The van der Waals surface area contributed by atoms with Crippen LogP contribution in [-0.2, 0) is 14.2 Å². The second-order valence-corrected chi connectivity index (χ2v) is 6.29. The van der Waals surface area contributed by atoms with Crippen molar-refractivity contribution in [3.63, 3.8) is 0 Å². The SMILES string of the molecule is CCCCOC(CC(F)(F)F)C(F)(F)OC(F)(F)C(CC(F)(F)F)OCCCC. The zero-order valence-corrected chi connectivity index (χ0v) is 15.8. The fraction of sp³-hybridized carbons (Fsp3) is 1.00. The Morgan fingerprint density at radius 2 is 0.897 bits per heavy atom. The van der Waals surface area contributed by atoms with Gasteiger partial charge in [-0.25, -0.2) is 0 Å². The van der Waals surface area contributed by atoms with Crippen LogP contribution >= 0.6 is 0 Å². The Kier molecular flexibility index (Phi) is 11.2. The molecular formula is C16H24F10O3. The third kappa shape index (κ3) is 12.5. The van der Waals surface area contributed by atoms with Crippen LogP contribution in [-0.4, -0.2) is 50.0 Å². The van der Waals surface area contributed by atoms with Gasteiger partial charge in [0.25, 0.3) is 0 Å². The first-order chi connectivity index (χ1) is 13.0. The predicted octanol–water partition coefficient (Wildman–Crippen LogP) is 6.46. The van der Waals surface area contributed by atoms with E-state index in [2.05, 4.69) is 14.2 Å². The van der Waals surface area contributed by atoms with E-state index >= 15 is 0 Å². The van der Waals surface area contributed by atoms with Crippen LogP contribution in [0.3, 0.4) is 0 Å². The van der Waals surface area contributed by atoms with Crippen molar-refractivity contribution in [1.29, 1.82) is 0 Å². The summed E-state index contributed by atoms with van der Waals surface area (Å²) in [5.74, 6) is 0. The fourth-order valence-electron chi connectivity index (χ4n) is 2.02. The summed E-state index contributed by atoms with van der Waals surface area (Å²) in [5, 5.41) is 0. The van der Waals surface area contributed by atoms with Crippen molar-refractivity contribution < 1.29 is 58.1 Å². The molecule has 0 amide bonds. The van der Waals surface area contributed by atoms with E-state index in [1.54, 1.807) is 13.8 Å². The van der Waals surface area contributed by atoms with Gasteiger partial charge in [0.15, 0.2) is 12.2 Å². The number of hydrogen-bond donors (Lipinski definition) is 0. The van der Waals surface area contributed by atoms with E-state index in [4.69, 9.17) is 0 Å². The van der Waals surface area contributed by atoms with E-state index < -0.39 is 62.8 Å². The molecule has 0 aromatic carbocycles. The Balaban J connectivity index is 5.48. The topological polar surface area (TPSA) is 27.7 Å². The molecule has 13 heteroatoms. The Morgan fingerprint density at radius 1 is 0.586 bits per heavy atom. The minimum atomic E-state index is -5.23. The molecule has 0 fully saturated rings. The highest BCUT2D eigenvalue weighted by Crippen LogP contribution is 2.40. The minimum absolute atomic E-state index is 0.0532. The van der Waals surface area contributed by atoms with Gasteiger partial charge in [-0.3, -0.25) is 4.74 Å². The number of unbranched alkanes of at least 4 members (excludes halogenated alkanes) is 2. The highest BCUT2D eigenvalue weighted by molar-refractivity contribution is 4.80. The van der Waals surface area contributed by atoms with Gasteiger partial charge in [-0.15, -0.1) is 0 Å². The summed E-state index contributed by atoms with van der Waals surface area (Å²) in [5.41, 5.74) is 0. The molecule has 0 spiro atoms. The molecule has 0 radical (unpaired) electrons. The molecule has 0 aromatic rings. The summed E-state index contributed by atoms with van der Waals surface area (Å²) in [7, 11) is 0. The van der Waals surface area contributed by atoms with Gasteiger partial charge in [-0.2, -0.15) is 43.9 Å². The average Bonchev–Trinajstić information content (AvgIpc) is 2.50. The summed E-state index contributed by atoms with van der Waals surface area (Å²) in [6.07, 6.45) is -31.1. The molecule has 2 atom stereocenters. The van der Waals surface area contributed by atoms with E-state index in [1.807, 2.05) is 0 Å². The monoisotopic (exact) mass is 454 g/mol. The van der Waals surface area contributed by atoms with Gasteiger partial charge >= 0.3 is 24.6 Å². The van der Waals surface area contributed by atoms with E-state index in [0.717, 1.165) is 0 Å². The number of alkyl halides is 10. The standard InChI is InChI=1S/C16H24F10O3/c1-3-5-7-27-11(9-13(17,18)19)15(23,24)29-16(25,26)12(10-14(20,21)22)28-8-6-4-2/h11-12H,3-10H2,1-2H3. The molecule has 0 rings (SSSR count). The molecule has 0 bridgehead atoms. The van der Waals surface area contributed by atoms with Crippen LogP contribution in [0.4, 0.5) is 43.9 Å². The van der Waals surface area contributed by atoms with Crippen LogP contribution < -0.4 is 0 Å². The Labute approximate surface area is 161 Å². The summed E-state index contributed by atoms with van der Waals surface area (Å²) < 4.78 is 143. The molecular weight excluding hydrogens is 430 g/mol. The number of rotatable bonds is 14. The maximum absolute atomic E-state index is 14.1. The number of ether oxygens (including phenoxy) is 3. The van der Waals surface area contributed by atoms with Crippen molar-refractivity contribution in [2.45, 2.75) is 89.2 Å². The van der Waals surface area contributed by atoms with Crippen LogP contribution in [0.2, 0.25) is 0 Å². The lowest BCUT2D eigenvalue weighted by atomic mass is 10.2. The van der Waals surface area contributed by atoms with E-state index in [1.165, 1.54) is 0 Å². The number of hydrogen-bond acceptors (Lipinski definition) is 3. The second-order valence-electron chi connectivity index (χ2n) is 6.29. The molecule has 0 aliphatic carbocycles. The van der Waals surface area contributed by atoms with E-state index in [0.29, 0.717) is 12.8 Å². The Morgan fingerprint density at radius 3 is 1.14 bits per heavy atom. The van der Waals surface area contributed by atoms with Crippen molar-refractivity contribution >= 4 is 0 Å². The molecule has 2 unspecified atom stereocenters. The highest BCUT2D eigenvalue weighted by Gasteiger charge is 2.58. The lowest BCUT2D eigenvalue weighted by Gasteiger charge is -2.34. The van der Waals surface area contributed by atoms with Gasteiger partial charge < -0.3 is 9.47 Å². The normalized spacial score (nSPS) is 16.1. The zero-order chi connectivity index (χ0) is 22.9. The largest absolute Gasteiger partial charge is 0.391 e. The van der Waals surface area contributed by atoms with Crippen LogP contribution in [0.25, 0.3) is 0 Å². The maximum atomic E-state index is 14.1. The summed E-state index contributed by atoms with van der Waals surface area (Å²) in [6.45, 7) is 1.92. The third-order valence-corrected chi connectivity index (χ3v) is 3.49. The minimum Gasteiger partial charge on any atom is -0.369 e. The lowest BCUT2D eigenvalue weighted by molar-refractivity contribution is -0.431. The van der Waals surface area contributed by atoms with Crippen molar-refractivity contribution in [2.24, 2.45) is 0 Å². The van der Waals surface area contributed by atoms with Crippen LogP contribution in [0.5, 0.6) is 0 Å². The predicted molar refractivity (Wildman–Crippen MR) is 81.6 cm³/mol. The first-order valence-electron chi connectivity index (χ1n) is 8.86. The molecule has 0 aromatic heterocycles. The van der Waals surface area contributed by atoms with Crippen molar-refractivity contribution in [2.75, 3.05) is 13.2 Å². The van der Waals surface area contributed by atoms with Crippen molar-refractivity contribution in [1.82, 2.24) is 0 Å². The Hall–Kier alpha value is -0.820. The summed E-state index contributed by atoms with van der Waals surface area (Å²) in [6, 6.07) is 0. The molecule has 3 nitrogen and oxygen atoms in total. The van der Waals surface area contributed by atoms with Gasteiger partial charge in [-0.05, 0) is 12.8 Å². The fourth-order valence-corrected chi connectivity index (χ4v) is 2.02. The molecule has 0 N–H and O–H groups in total. The molecule has 176 valence electrons. The molecule has 29 heavy (non-hydrogen) atoms. The van der Waals surface area contributed by atoms with Crippen LogP contribution in [0.15, 0.2) is 0 Å². The van der Waals surface area contributed by atoms with Crippen LogP contribution in [0.1, 0.15) is 52.4 Å². The van der Waals surface area contributed by atoms with Gasteiger partial charge in [0, 0.05) is 13.2 Å². The van der Waals surface area contributed by atoms with E-state index in [9.17, 15) is 43.9 Å². The molecule has 0 saturated carbocycles. The first kappa shape index (κ1) is 28.2. The smallest absolute Gasteiger partial charge is 0.369 e. The number of halogens is 10. The average molecular weight is 454 g/mol. The zero-order valence-electron chi connectivity index (χ0n) is 15.8. The summed E-state index contributed by atoms with van der Waals surface area (Å²) in [4.78, 5) is 0. The highest BCUT2D eigenvalue weighted by atomic mass is 19.4. The summed E-state index contributed by atoms with van der Waals surface area (Å²) >= 11 is 0. The molecule has 0 heterocycles. The first-order valence-corrected chi connectivity index (χ1v) is 8.86. The Bertz CT molecular complexity index is 411. The van der Waals surface area contributed by atoms with Crippen LogP contribution in [0, 0.1) is 0 Å². The molecule has 0 aliphatic heterocycles. The molecule has 0 aliphatic rings. The van der Waals surface area contributed by atoms with Gasteiger partial charge in [0.2, 0.25) is 0 Å². The van der Waals surface area contributed by atoms with Gasteiger partial charge in [0.1, 0.15) is 0 Å². The van der Waals surface area contributed by atoms with E-state index in [-0.39, 0.29) is 12.8 Å². The van der Waals surface area contributed by atoms with Crippen molar-refractivity contribution in [3.8, 4) is 0 Å². The second kappa shape index (κ2) is 11.5. The van der Waals surface area contributed by atoms with Crippen molar-refractivity contribution in [3.05, 3.63) is 0 Å². The quantitative estimate of drug-likeness (QED) is 0.223. The van der Waals surface area contributed by atoms with Gasteiger partial charge in [-0.1, -0.05) is 26.7 Å². The molecule has 0 saturated heterocycles. The maximum Gasteiger partial charge on any atom is 0.391 e.